The van der Waals surface area contributed by atoms with Crippen molar-refractivity contribution >= 4 is 0 Å². The van der Waals surface area contributed by atoms with Gasteiger partial charge in [-0.3, -0.25) is 4.90 Å². The van der Waals surface area contributed by atoms with Crippen LogP contribution in [0.4, 0.5) is 0 Å². The molecule has 5 heteroatoms. The molecule has 0 saturated carbocycles. The minimum absolute atomic E-state index is 0.606. The maximum absolute atomic E-state index is 4.47. The fraction of sp³-hybridized carbons (Fsp3) is 0.867. The Morgan fingerprint density at radius 1 is 1.40 bits per heavy atom. The first-order valence-corrected chi connectivity index (χ1v) is 8.02. The molecule has 0 aromatic carbocycles. The third-order valence-corrected chi connectivity index (χ3v) is 3.96. The van der Waals surface area contributed by atoms with Crippen LogP contribution in [-0.4, -0.2) is 45.3 Å². The van der Waals surface area contributed by atoms with Gasteiger partial charge in [-0.15, -0.1) is 0 Å². The minimum Gasteiger partial charge on any atom is -0.315 e. The molecule has 1 unspecified atom stereocenters. The molecule has 0 radical (unpaired) electrons. The van der Waals surface area contributed by atoms with E-state index in [4.69, 9.17) is 0 Å². The van der Waals surface area contributed by atoms with Crippen molar-refractivity contribution < 1.29 is 0 Å². The molecule has 1 aliphatic rings. The molecular formula is C15H29N5. The van der Waals surface area contributed by atoms with Gasteiger partial charge in [0.25, 0.3) is 0 Å². The SMILES string of the molecule is CCNCC1CCCCN1Cc1ncnn1CC(C)C. The Balaban J connectivity index is 1.97. The number of nitrogens with zero attached hydrogens (tertiary/aromatic N) is 4. The number of hydrogen-bond acceptors (Lipinski definition) is 4. The number of aromatic nitrogens is 3. The van der Waals surface area contributed by atoms with Crippen molar-refractivity contribution in [1.82, 2.24) is 25.0 Å². The highest BCUT2D eigenvalue weighted by Crippen LogP contribution is 2.18. The van der Waals surface area contributed by atoms with Gasteiger partial charge in [0.1, 0.15) is 12.2 Å². The zero-order chi connectivity index (χ0) is 14.4. The molecule has 2 rings (SSSR count). The monoisotopic (exact) mass is 279 g/mol. The van der Waals surface area contributed by atoms with Crippen molar-refractivity contribution in [3.63, 3.8) is 0 Å². The van der Waals surface area contributed by atoms with Crippen LogP contribution in [-0.2, 0) is 13.1 Å². The van der Waals surface area contributed by atoms with Crippen LogP contribution in [0.5, 0.6) is 0 Å². The first-order chi connectivity index (χ1) is 9.70. The second kappa shape index (κ2) is 7.74. The Labute approximate surface area is 122 Å². The zero-order valence-electron chi connectivity index (χ0n) is 13.2. The summed E-state index contributed by atoms with van der Waals surface area (Å²) in [7, 11) is 0. The summed E-state index contributed by atoms with van der Waals surface area (Å²) in [5, 5.41) is 7.86. The van der Waals surface area contributed by atoms with E-state index in [1.54, 1.807) is 6.33 Å². The summed E-state index contributed by atoms with van der Waals surface area (Å²) in [6, 6.07) is 0.646. The minimum atomic E-state index is 0.606. The molecule has 1 aliphatic heterocycles. The molecule has 2 heterocycles. The standard InChI is InChI=1S/C15H29N5/c1-4-16-9-14-7-5-6-8-19(14)11-15-17-12-18-20(15)10-13(2)3/h12-14,16H,4-11H2,1-3H3. The Morgan fingerprint density at radius 2 is 2.25 bits per heavy atom. The summed E-state index contributed by atoms with van der Waals surface area (Å²) in [5.41, 5.74) is 0. The van der Waals surface area contributed by atoms with Crippen molar-refractivity contribution in [1.29, 1.82) is 0 Å². The molecule has 0 aliphatic carbocycles. The average Bonchev–Trinajstić information content (AvgIpc) is 2.84. The molecule has 1 aromatic heterocycles. The fourth-order valence-corrected chi connectivity index (χ4v) is 2.90. The Morgan fingerprint density at radius 3 is 3.00 bits per heavy atom. The lowest BCUT2D eigenvalue weighted by molar-refractivity contribution is 0.132. The maximum Gasteiger partial charge on any atom is 0.141 e. The van der Waals surface area contributed by atoms with Crippen LogP contribution >= 0.6 is 0 Å². The summed E-state index contributed by atoms with van der Waals surface area (Å²) in [5.74, 6) is 1.72. The topological polar surface area (TPSA) is 46.0 Å². The van der Waals surface area contributed by atoms with Crippen molar-refractivity contribution in [2.75, 3.05) is 19.6 Å². The fourth-order valence-electron chi connectivity index (χ4n) is 2.90. The lowest BCUT2D eigenvalue weighted by Gasteiger charge is -2.35. The molecule has 1 N–H and O–H groups in total. The predicted octanol–water partition coefficient (Wildman–Crippen LogP) is 1.90. The molecule has 20 heavy (non-hydrogen) atoms. The van der Waals surface area contributed by atoms with E-state index < -0.39 is 0 Å². The van der Waals surface area contributed by atoms with Gasteiger partial charge in [-0.2, -0.15) is 5.10 Å². The number of rotatable bonds is 7. The molecule has 0 spiro atoms. The second-order valence-corrected chi connectivity index (χ2v) is 6.18. The smallest absolute Gasteiger partial charge is 0.141 e. The van der Waals surface area contributed by atoms with Crippen LogP contribution in [0.3, 0.4) is 0 Å². The van der Waals surface area contributed by atoms with E-state index in [1.807, 2.05) is 0 Å². The van der Waals surface area contributed by atoms with Crippen molar-refractivity contribution in [3.8, 4) is 0 Å². The van der Waals surface area contributed by atoms with E-state index in [2.05, 4.69) is 45.8 Å². The third kappa shape index (κ3) is 4.28. The van der Waals surface area contributed by atoms with Crippen LogP contribution in [0.1, 0.15) is 45.9 Å². The van der Waals surface area contributed by atoms with E-state index in [9.17, 15) is 0 Å². The van der Waals surface area contributed by atoms with Gasteiger partial charge < -0.3 is 5.32 Å². The number of likely N-dealkylation sites (N-methyl/N-ethyl adjacent to an activating group) is 1. The molecule has 1 fully saturated rings. The summed E-state index contributed by atoms with van der Waals surface area (Å²) < 4.78 is 2.07. The van der Waals surface area contributed by atoms with Gasteiger partial charge in [-0.1, -0.05) is 27.2 Å². The lowest BCUT2D eigenvalue weighted by atomic mass is 10.0. The number of hydrogen-bond donors (Lipinski definition) is 1. The molecular weight excluding hydrogens is 250 g/mol. The molecule has 0 amide bonds. The third-order valence-electron chi connectivity index (χ3n) is 3.96. The molecule has 114 valence electrons. The second-order valence-electron chi connectivity index (χ2n) is 6.18. The van der Waals surface area contributed by atoms with Crippen LogP contribution in [0, 0.1) is 5.92 Å². The van der Waals surface area contributed by atoms with Crippen molar-refractivity contribution in [2.45, 2.75) is 59.2 Å². The average molecular weight is 279 g/mol. The molecule has 1 saturated heterocycles. The lowest BCUT2D eigenvalue weighted by Crippen LogP contribution is -2.45. The largest absolute Gasteiger partial charge is 0.315 e. The highest BCUT2D eigenvalue weighted by atomic mass is 15.4. The molecule has 0 bridgehead atoms. The first kappa shape index (κ1) is 15.4. The van der Waals surface area contributed by atoms with Gasteiger partial charge in [0, 0.05) is 19.1 Å². The number of likely N-dealkylation sites (tertiary alicyclic amines) is 1. The summed E-state index contributed by atoms with van der Waals surface area (Å²) in [6.07, 6.45) is 5.65. The maximum atomic E-state index is 4.47. The van der Waals surface area contributed by atoms with Gasteiger partial charge in [0.15, 0.2) is 0 Å². The first-order valence-electron chi connectivity index (χ1n) is 8.02. The van der Waals surface area contributed by atoms with E-state index in [1.165, 1.54) is 25.8 Å². The van der Waals surface area contributed by atoms with E-state index in [0.717, 1.165) is 32.0 Å². The van der Waals surface area contributed by atoms with Gasteiger partial charge >= 0.3 is 0 Å². The van der Waals surface area contributed by atoms with E-state index in [0.29, 0.717) is 12.0 Å². The Hall–Kier alpha value is -0.940. The number of nitrogens with one attached hydrogen (secondary N) is 1. The summed E-state index contributed by atoms with van der Waals surface area (Å²) in [4.78, 5) is 7.04. The Bertz CT molecular complexity index is 387. The number of piperidine rings is 1. The summed E-state index contributed by atoms with van der Waals surface area (Å²) >= 11 is 0. The van der Waals surface area contributed by atoms with Crippen molar-refractivity contribution in [2.24, 2.45) is 5.92 Å². The highest BCUT2D eigenvalue weighted by molar-refractivity contribution is 4.89. The van der Waals surface area contributed by atoms with Gasteiger partial charge in [0.05, 0.1) is 6.54 Å². The predicted molar refractivity (Wildman–Crippen MR) is 81.5 cm³/mol. The van der Waals surface area contributed by atoms with Crippen LogP contribution < -0.4 is 5.32 Å². The van der Waals surface area contributed by atoms with Crippen LogP contribution in [0.2, 0.25) is 0 Å². The zero-order valence-corrected chi connectivity index (χ0v) is 13.2. The van der Waals surface area contributed by atoms with E-state index in [-0.39, 0.29) is 0 Å². The van der Waals surface area contributed by atoms with Gasteiger partial charge in [-0.25, -0.2) is 9.67 Å². The Kier molecular flexibility index (Phi) is 5.98. The molecule has 5 nitrogen and oxygen atoms in total. The van der Waals surface area contributed by atoms with Crippen LogP contribution in [0.15, 0.2) is 6.33 Å². The van der Waals surface area contributed by atoms with Gasteiger partial charge in [0.2, 0.25) is 0 Å². The van der Waals surface area contributed by atoms with Crippen LogP contribution in [0.25, 0.3) is 0 Å². The van der Waals surface area contributed by atoms with E-state index >= 15 is 0 Å². The van der Waals surface area contributed by atoms with Gasteiger partial charge in [-0.05, 0) is 31.8 Å². The highest BCUT2D eigenvalue weighted by Gasteiger charge is 2.23. The molecule has 1 atom stereocenters. The normalized spacial score (nSPS) is 20.7. The molecule has 1 aromatic rings. The quantitative estimate of drug-likeness (QED) is 0.828. The van der Waals surface area contributed by atoms with Crippen molar-refractivity contribution in [3.05, 3.63) is 12.2 Å². The summed E-state index contributed by atoms with van der Waals surface area (Å²) in [6.45, 7) is 11.8.